The van der Waals surface area contributed by atoms with Crippen molar-refractivity contribution in [1.82, 2.24) is 0 Å². The number of hydrogen-bond donors (Lipinski definition) is 2. The van der Waals surface area contributed by atoms with Crippen LogP contribution in [0, 0.1) is 12.3 Å². The van der Waals surface area contributed by atoms with Gasteiger partial charge < -0.3 is 15.0 Å². The predicted molar refractivity (Wildman–Crippen MR) is 89.2 cm³/mol. The summed E-state index contributed by atoms with van der Waals surface area (Å²) in [4.78, 5) is 11.9. The van der Waals surface area contributed by atoms with E-state index in [9.17, 15) is 4.79 Å². The van der Waals surface area contributed by atoms with E-state index in [0.29, 0.717) is 23.1 Å². The molecule has 0 bridgehead atoms. The van der Waals surface area contributed by atoms with Crippen LogP contribution in [0.15, 0.2) is 48.5 Å². The molecule has 0 radical (unpaired) electrons. The molecule has 24 heavy (non-hydrogen) atoms. The van der Waals surface area contributed by atoms with Crippen LogP contribution in [-0.4, -0.2) is 31.0 Å². The van der Waals surface area contributed by atoms with Gasteiger partial charge in [0.1, 0.15) is 11.6 Å². The number of hydrogen-bond acceptors (Lipinski definition) is 6. The molecule has 0 unspecified atom stereocenters. The summed E-state index contributed by atoms with van der Waals surface area (Å²) >= 11 is 0. The Morgan fingerprint density at radius 1 is 1.12 bits per heavy atom. The molecule has 0 atom stereocenters. The Morgan fingerprint density at radius 2 is 1.62 bits per heavy atom. The van der Waals surface area contributed by atoms with E-state index < -0.39 is 16.1 Å². The van der Waals surface area contributed by atoms with Gasteiger partial charge in [0.25, 0.3) is 0 Å². The first kappa shape index (κ1) is 19.3. The summed E-state index contributed by atoms with van der Waals surface area (Å²) in [7, 11) is -3.92. The smallest absolute Gasteiger partial charge is 0.343 e. The third kappa shape index (κ3) is 7.52. The molecule has 0 saturated heterocycles. The van der Waals surface area contributed by atoms with Crippen molar-refractivity contribution < 1.29 is 22.5 Å². The molecule has 0 aromatic heterocycles. The van der Waals surface area contributed by atoms with Gasteiger partial charge in [0.05, 0.1) is 15.7 Å². The van der Waals surface area contributed by atoms with E-state index in [1.165, 1.54) is 0 Å². The van der Waals surface area contributed by atoms with Gasteiger partial charge in [-0.15, -0.1) is 0 Å². The Labute approximate surface area is 140 Å². The third-order valence-electron chi connectivity index (χ3n) is 2.63. The maximum absolute atomic E-state index is 11.9. The molecular weight excluding hydrogens is 332 g/mol. The van der Waals surface area contributed by atoms with Crippen LogP contribution in [0.1, 0.15) is 21.5 Å². The number of carbonyl (C=O) groups excluding carboxylic acids is 1. The molecule has 2 aromatic carbocycles. The number of benzene rings is 2. The van der Waals surface area contributed by atoms with Crippen LogP contribution >= 0.6 is 0 Å². The monoisotopic (exact) mass is 349 g/mol. The number of carbonyl (C=O) groups is 1. The molecule has 0 fully saturated rings. The van der Waals surface area contributed by atoms with Crippen LogP contribution in [0.3, 0.4) is 0 Å². The first-order valence-corrected chi connectivity index (χ1v) is 8.52. The van der Waals surface area contributed by atoms with Gasteiger partial charge in [0.15, 0.2) is 0 Å². The van der Waals surface area contributed by atoms with Crippen molar-refractivity contribution in [3.8, 4) is 5.75 Å². The van der Waals surface area contributed by atoms with Crippen LogP contribution in [0.4, 0.5) is 0 Å². The minimum absolute atomic E-state index is 0.0291. The Hall–Kier alpha value is -2.71. The zero-order valence-electron chi connectivity index (χ0n) is 13.1. The van der Waals surface area contributed by atoms with E-state index in [1.54, 1.807) is 36.4 Å². The van der Waals surface area contributed by atoms with Gasteiger partial charge >= 0.3 is 5.97 Å². The summed E-state index contributed by atoms with van der Waals surface area (Å²) in [6.07, 6.45) is 0.604. The molecule has 0 spiro atoms. The van der Waals surface area contributed by atoms with E-state index in [-0.39, 0.29) is 5.84 Å². The molecule has 0 saturated carbocycles. The highest BCUT2D eigenvalue weighted by Gasteiger charge is 2.08. The summed E-state index contributed by atoms with van der Waals surface area (Å²) in [5, 5.41) is 7.28. The number of aryl methyl sites for hydroxylation is 1. The lowest BCUT2D eigenvalue weighted by atomic mass is 10.1. The number of nitrogens with two attached hydrogens (primary N) is 1. The lowest BCUT2D eigenvalue weighted by Crippen LogP contribution is -2.12. The van der Waals surface area contributed by atoms with Crippen LogP contribution in [-0.2, 0) is 10.1 Å². The quantitative estimate of drug-likeness (QED) is 0.284. The Bertz CT molecular complexity index is 822. The van der Waals surface area contributed by atoms with Gasteiger partial charge in [-0.25, -0.2) is 13.2 Å². The average Bonchev–Trinajstić information content (AvgIpc) is 2.45. The minimum Gasteiger partial charge on any atom is -0.748 e. The zero-order valence-corrected chi connectivity index (χ0v) is 14.0. The first-order chi connectivity index (χ1) is 11.1. The van der Waals surface area contributed by atoms with Gasteiger partial charge in [-0.1, -0.05) is 24.3 Å². The highest BCUT2D eigenvalue weighted by atomic mass is 32.2. The average molecular weight is 349 g/mol. The topological polar surface area (TPSA) is 133 Å². The molecule has 0 amide bonds. The molecular formula is C16H17N2O5S-. The Morgan fingerprint density at radius 3 is 2.08 bits per heavy atom. The van der Waals surface area contributed by atoms with Gasteiger partial charge in [-0.05, 0) is 36.8 Å². The van der Waals surface area contributed by atoms with E-state index >= 15 is 0 Å². The van der Waals surface area contributed by atoms with Gasteiger partial charge in [0.2, 0.25) is 0 Å². The van der Waals surface area contributed by atoms with Gasteiger partial charge in [-0.2, -0.15) is 0 Å². The maximum Gasteiger partial charge on any atom is 0.343 e. The molecule has 128 valence electrons. The Balaban J connectivity index is 0.000000505. The first-order valence-electron chi connectivity index (χ1n) is 6.70. The molecule has 0 heterocycles. The second kappa shape index (κ2) is 8.23. The van der Waals surface area contributed by atoms with Crippen LogP contribution in [0.5, 0.6) is 5.75 Å². The Kier molecular flexibility index (Phi) is 6.63. The van der Waals surface area contributed by atoms with Crippen molar-refractivity contribution in [2.24, 2.45) is 5.73 Å². The van der Waals surface area contributed by atoms with Crippen LogP contribution in [0.25, 0.3) is 0 Å². The SMILES string of the molecule is CS(=O)(=O)[O-].Cc1cccc(OC(=O)c2ccc(C(=N)N)cc2)c1. The summed E-state index contributed by atoms with van der Waals surface area (Å²) < 4.78 is 32.5. The summed E-state index contributed by atoms with van der Waals surface area (Å²) in [5.74, 6) is 0.0555. The number of nitrogen functional groups attached to an aromatic ring is 1. The maximum atomic E-state index is 11.9. The molecule has 0 aliphatic rings. The normalized spacial score (nSPS) is 10.3. The number of ether oxygens (including phenoxy) is 1. The van der Waals surface area contributed by atoms with Crippen molar-refractivity contribution in [2.75, 3.05) is 6.26 Å². The van der Waals surface area contributed by atoms with Crippen molar-refractivity contribution in [3.63, 3.8) is 0 Å². The number of amidine groups is 1. The van der Waals surface area contributed by atoms with E-state index in [1.807, 2.05) is 19.1 Å². The molecule has 2 aromatic rings. The molecule has 3 N–H and O–H groups in total. The molecule has 2 rings (SSSR count). The standard InChI is InChI=1S/C15H14N2O2.CH4O3S/c1-10-3-2-4-13(9-10)19-15(18)12-7-5-11(6-8-12)14(16)17;1-5(2,3)4/h2-9H,1H3,(H3,16,17);1H3,(H,2,3,4)/p-1. The van der Waals surface area contributed by atoms with Crippen molar-refractivity contribution in [1.29, 1.82) is 5.41 Å². The van der Waals surface area contributed by atoms with Crippen LogP contribution < -0.4 is 10.5 Å². The fourth-order valence-corrected chi connectivity index (χ4v) is 1.63. The summed E-state index contributed by atoms with van der Waals surface area (Å²) in [5.41, 5.74) is 7.37. The van der Waals surface area contributed by atoms with Crippen LogP contribution in [0.2, 0.25) is 0 Å². The van der Waals surface area contributed by atoms with E-state index in [0.717, 1.165) is 5.56 Å². The van der Waals surface area contributed by atoms with Crippen molar-refractivity contribution >= 4 is 21.9 Å². The minimum atomic E-state index is -3.92. The molecule has 8 heteroatoms. The lowest BCUT2D eigenvalue weighted by Gasteiger charge is -2.05. The van der Waals surface area contributed by atoms with E-state index in [2.05, 4.69) is 0 Å². The lowest BCUT2D eigenvalue weighted by molar-refractivity contribution is 0.0734. The predicted octanol–water partition coefficient (Wildman–Crippen LogP) is 1.66. The summed E-state index contributed by atoms with van der Waals surface area (Å²) in [6.45, 7) is 1.93. The highest BCUT2D eigenvalue weighted by molar-refractivity contribution is 7.84. The molecule has 7 nitrogen and oxygen atoms in total. The van der Waals surface area contributed by atoms with Gasteiger partial charge in [-0.3, -0.25) is 5.41 Å². The highest BCUT2D eigenvalue weighted by Crippen LogP contribution is 2.15. The third-order valence-corrected chi connectivity index (χ3v) is 2.63. The van der Waals surface area contributed by atoms with Gasteiger partial charge in [0, 0.05) is 11.8 Å². The zero-order chi connectivity index (χ0) is 18.3. The number of esters is 1. The second-order valence-corrected chi connectivity index (χ2v) is 6.31. The van der Waals surface area contributed by atoms with E-state index in [4.69, 9.17) is 28.9 Å². The number of nitrogens with one attached hydrogen (secondary N) is 1. The molecule has 0 aliphatic carbocycles. The second-order valence-electron chi connectivity index (χ2n) is 4.90. The fourth-order valence-electron chi connectivity index (χ4n) is 1.63. The fraction of sp³-hybridized carbons (Fsp3) is 0.125. The number of rotatable bonds is 3. The molecule has 0 aliphatic heterocycles. The van der Waals surface area contributed by atoms with Crippen molar-refractivity contribution in [2.45, 2.75) is 6.92 Å². The summed E-state index contributed by atoms with van der Waals surface area (Å²) in [6, 6.07) is 13.7. The largest absolute Gasteiger partial charge is 0.748 e. The van der Waals surface area contributed by atoms with Crippen molar-refractivity contribution in [3.05, 3.63) is 65.2 Å².